The fourth-order valence-corrected chi connectivity index (χ4v) is 1.06. The van der Waals surface area contributed by atoms with Crippen LogP contribution in [0.15, 0.2) is 30.4 Å². The van der Waals surface area contributed by atoms with Gasteiger partial charge in [0.15, 0.2) is 0 Å². The number of anilines is 1. The molecule has 14 heavy (non-hydrogen) atoms. The van der Waals surface area contributed by atoms with Crippen LogP contribution >= 0.6 is 0 Å². The first kappa shape index (κ1) is 10.4. The average molecular weight is 193 g/mol. The summed E-state index contributed by atoms with van der Waals surface area (Å²) in [6, 6.07) is 4.58. The predicted octanol–water partition coefficient (Wildman–Crippen LogP) is 2.65. The van der Waals surface area contributed by atoms with E-state index in [2.05, 4.69) is 5.32 Å². The van der Waals surface area contributed by atoms with Gasteiger partial charge in [0.05, 0.1) is 5.69 Å². The van der Waals surface area contributed by atoms with Crippen LogP contribution in [0.25, 0.3) is 0 Å². The Kier molecular flexibility index (Phi) is 3.40. The number of benzene rings is 1. The number of amides is 1. The summed E-state index contributed by atoms with van der Waals surface area (Å²) in [7, 11) is 0. The highest BCUT2D eigenvalue weighted by Crippen LogP contribution is 2.15. The quantitative estimate of drug-likeness (QED) is 0.719. The molecule has 0 atom stereocenters. The lowest BCUT2D eigenvalue weighted by atomic mass is 10.2. The number of aryl methyl sites for hydroxylation is 1. The Balaban J connectivity index is 2.85. The molecule has 0 saturated carbocycles. The summed E-state index contributed by atoms with van der Waals surface area (Å²) in [5, 5.41) is 2.45. The van der Waals surface area contributed by atoms with Gasteiger partial charge in [0.2, 0.25) is 5.91 Å². The topological polar surface area (TPSA) is 29.1 Å². The number of carbonyl (C=O) groups excluding carboxylic acids is 1. The lowest BCUT2D eigenvalue weighted by Gasteiger charge is -2.04. The van der Waals surface area contributed by atoms with Crippen molar-refractivity contribution < 1.29 is 9.18 Å². The van der Waals surface area contributed by atoms with E-state index in [9.17, 15) is 9.18 Å². The van der Waals surface area contributed by atoms with E-state index in [4.69, 9.17) is 0 Å². The summed E-state index contributed by atoms with van der Waals surface area (Å²) in [6.07, 6.45) is 2.95. The molecule has 1 amide bonds. The van der Waals surface area contributed by atoms with Gasteiger partial charge < -0.3 is 5.32 Å². The van der Waals surface area contributed by atoms with E-state index in [1.54, 1.807) is 25.1 Å². The van der Waals surface area contributed by atoms with E-state index in [-0.39, 0.29) is 11.6 Å². The Labute approximate surface area is 82.4 Å². The van der Waals surface area contributed by atoms with Gasteiger partial charge in [-0.05, 0) is 37.6 Å². The van der Waals surface area contributed by atoms with E-state index >= 15 is 0 Å². The molecule has 2 nitrogen and oxygen atoms in total. The van der Waals surface area contributed by atoms with Crippen LogP contribution in [0.4, 0.5) is 10.1 Å². The van der Waals surface area contributed by atoms with Gasteiger partial charge in [-0.25, -0.2) is 4.39 Å². The smallest absolute Gasteiger partial charge is 0.248 e. The number of rotatable bonds is 2. The summed E-state index contributed by atoms with van der Waals surface area (Å²) in [5.74, 6) is -0.745. The van der Waals surface area contributed by atoms with Crippen molar-refractivity contribution in [2.45, 2.75) is 13.8 Å². The van der Waals surface area contributed by atoms with Gasteiger partial charge in [-0.3, -0.25) is 4.79 Å². The maximum Gasteiger partial charge on any atom is 0.248 e. The number of hydrogen-bond acceptors (Lipinski definition) is 1. The van der Waals surface area contributed by atoms with Crippen LogP contribution < -0.4 is 5.32 Å². The van der Waals surface area contributed by atoms with Gasteiger partial charge in [-0.2, -0.15) is 0 Å². The largest absolute Gasteiger partial charge is 0.320 e. The molecule has 1 aromatic rings. The van der Waals surface area contributed by atoms with Crippen molar-refractivity contribution in [3.8, 4) is 0 Å². The first-order valence-electron chi connectivity index (χ1n) is 4.33. The minimum Gasteiger partial charge on any atom is -0.320 e. The third kappa shape index (κ3) is 2.69. The zero-order chi connectivity index (χ0) is 10.6. The normalized spacial score (nSPS) is 10.5. The first-order valence-corrected chi connectivity index (χ1v) is 4.33. The number of nitrogens with one attached hydrogen (secondary N) is 1. The highest BCUT2D eigenvalue weighted by molar-refractivity contribution is 5.99. The van der Waals surface area contributed by atoms with Gasteiger partial charge in [0.1, 0.15) is 5.82 Å². The van der Waals surface area contributed by atoms with E-state index < -0.39 is 5.82 Å². The second-order valence-corrected chi connectivity index (χ2v) is 2.97. The number of allylic oxidation sites excluding steroid dienone is 1. The molecule has 0 aliphatic carbocycles. The summed E-state index contributed by atoms with van der Waals surface area (Å²) >= 11 is 0. The van der Waals surface area contributed by atoms with Crippen molar-refractivity contribution in [2.75, 3.05) is 5.32 Å². The number of halogens is 1. The van der Waals surface area contributed by atoms with Crippen LogP contribution in [-0.4, -0.2) is 5.91 Å². The molecule has 1 N–H and O–H groups in total. The van der Waals surface area contributed by atoms with Crippen molar-refractivity contribution in [3.05, 3.63) is 41.7 Å². The van der Waals surface area contributed by atoms with Crippen molar-refractivity contribution in [2.24, 2.45) is 0 Å². The Morgan fingerprint density at radius 3 is 2.86 bits per heavy atom. The Hall–Kier alpha value is -1.64. The Morgan fingerprint density at radius 1 is 1.50 bits per heavy atom. The molecule has 0 aromatic heterocycles. The zero-order valence-electron chi connectivity index (χ0n) is 8.17. The number of hydrogen-bond donors (Lipinski definition) is 1. The minimum absolute atomic E-state index is 0.216. The lowest BCUT2D eigenvalue weighted by Crippen LogP contribution is -2.09. The molecular weight excluding hydrogens is 181 g/mol. The molecule has 0 unspecified atom stereocenters. The highest BCUT2D eigenvalue weighted by atomic mass is 19.1. The maximum atomic E-state index is 13.1. The molecule has 0 saturated heterocycles. The molecule has 0 aliphatic heterocycles. The third-order valence-electron chi connectivity index (χ3n) is 1.70. The number of carbonyl (C=O) groups is 1. The van der Waals surface area contributed by atoms with Crippen LogP contribution in [0, 0.1) is 12.7 Å². The summed E-state index contributed by atoms with van der Waals surface area (Å²) in [4.78, 5) is 11.1. The molecule has 0 spiro atoms. The molecule has 0 fully saturated rings. The van der Waals surface area contributed by atoms with E-state index in [1.165, 1.54) is 12.1 Å². The van der Waals surface area contributed by atoms with Crippen molar-refractivity contribution in [3.63, 3.8) is 0 Å². The molecule has 0 bridgehead atoms. The lowest BCUT2D eigenvalue weighted by molar-refractivity contribution is -0.111. The van der Waals surface area contributed by atoms with E-state index in [0.29, 0.717) is 0 Å². The van der Waals surface area contributed by atoms with Gasteiger partial charge >= 0.3 is 0 Å². The predicted molar refractivity (Wildman–Crippen MR) is 54.6 cm³/mol. The van der Waals surface area contributed by atoms with Crippen LogP contribution in [0.5, 0.6) is 0 Å². The summed E-state index contributed by atoms with van der Waals surface area (Å²) < 4.78 is 13.1. The van der Waals surface area contributed by atoms with Gasteiger partial charge in [0, 0.05) is 0 Å². The third-order valence-corrected chi connectivity index (χ3v) is 1.70. The average Bonchev–Trinajstić information content (AvgIpc) is 2.12. The van der Waals surface area contributed by atoms with Crippen LogP contribution in [0.1, 0.15) is 12.5 Å². The molecule has 74 valence electrons. The van der Waals surface area contributed by atoms with E-state index in [1.807, 2.05) is 6.92 Å². The van der Waals surface area contributed by atoms with Crippen molar-refractivity contribution in [1.29, 1.82) is 0 Å². The van der Waals surface area contributed by atoms with E-state index in [0.717, 1.165) is 5.56 Å². The second kappa shape index (κ2) is 4.56. The molecule has 0 radical (unpaired) electrons. The highest BCUT2D eigenvalue weighted by Gasteiger charge is 2.03. The molecule has 1 rings (SSSR count). The summed E-state index contributed by atoms with van der Waals surface area (Å²) in [6.45, 7) is 3.57. The minimum atomic E-state index is -0.423. The zero-order valence-corrected chi connectivity index (χ0v) is 8.17. The SMILES string of the molecule is CC=CC(=O)Nc1cc(C)ccc1F. The molecular formula is C11H12FNO. The van der Waals surface area contributed by atoms with Crippen LogP contribution in [0.3, 0.4) is 0 Å². The fraction of sp³-hybridized carbons (Fsp3) is 0.182. The van der Waals surface area contributed by atoms with Crippen LogP contribution in [0.2, 0.25) is 0 Å². The second-order valence-electron chi connectivity index (χ2n) is 2.97. The standard InChI is InChI=1S/C11H12FNO/c1-3-4-11(14)13-10-7-8(2)5-6-9(10)12/h3-7H,1-2H3,(H,13,14). The van der Waals surface area contributed by atoms with Gasteiger partial charge in [-0.1, -0.05) is 12.1 Å². The van der Waals surface area contributed by atoms with Gasteiger partial charge in [0.25, 0.3) is 0 Å². The molecule has 0 aliphatic rings. The monoisotopic (exact) mass is 193 g/mol. The maximum absolute atomic E-state index is 13.1. The van der Waals surface area contributed by atoms with Crippen molar-refractivity contribution >= 4 is 11.6 Å². The Morgan fingerprint density at radius 2 is 2.21 bits per heavy atom. The molecule has 3 heteroatoms. The molecule has 0 heterocycles. The first-order chi connectivity index (χ1) is 6.63. The Bertz CT molecular complexity index is 372. The van der Waals surface area contributed by atoms with Crippen LogP contribution in [-0.2, 0) is 4.79 Å². The van der Waals surface area contributed by atoms with Gasteiger partial charge in [-0.15, -0.1) is 0 Å². The summed E-state index contributed by atoms with van der Waals surface area (Å²) in [5.41, 5.74) is 1.12. The molecule has 1 aromatic carbocycles. The van der Waals surface area contributed by atoms with Crippen molar-refractivity contribution in [1.82, 2.24) is 0 Å². The fourth-order valence-electron chi connectivity index (χ4n) is 1.06.